The van der Waals surface area contributed by atoms with Crippen molar-refractivity contribution in [3.8, 4) is 11.3 Å². The molecule has 0 radical (unpaired) electrons. The highest BCUT2D eigenvalue weighted by Crippen LogP contribution is 2.48. The summed E-state index contributed by atoms with van der Waals surface area (Å²) in [5.74, 6) is 0.777. The van der Waals surface area contributed by atoms with Crippen LogP contribution < -0.4 is 11.1 Å². The number of hydrogen-bond acceptors (Lipinski definition) is 7. The van der Waals surface area contributed by atoms with E-state index in [-0.39, 0.29) is 11.8 Å². The minimum Gasteiger partial charge on any atom is -0.382 e. The molecule has 3 N–H and O–H groups in total. The van der Waals surface area contributed by atoms with Crippen molar-refractivity contribution in [2.24, 2.45) is 0 Å². The quantitative estimate of drug-likeness (QED) is 0.350. The number of carbonyl (C=O) groups is 2. The topological polar surface area (TPSA) is 119 Å². The third-order valence-corrected chi connectivity index (χ3v) is 8.11. The van der Waals surface area contributed by atoms with Gasteiger partial charge < -0.3 is 16.0 Å². The summed E-state index contributed by atoms with van der Waals surface area (Å²) in [7, 11) is 0. The number of rotatable bonds is 6. The predicted octanol–water partition coefficient (Wildman–Crippen LogP) is 4.65. The molecule has 194 valence electrons. The Labute approximate surface area is 225 Å². The van der Waals surface area contributed by atoms with Crippen molar-refractivity contribution in [3.63, 3.8) is 0 Å². The van der Waals surface area contributed by atoms with Gasteiger partial charge >= 0.3 is 0 Å². The molecule has 2 amide bonds. The lowest BCUT2D eigenvalue weighted by atomic mass is 10.1. The molecule has 5 rings (SSSR count). The molecule has 1 fully saturated rings. The number of nitrogen functional groups attached to an aromatic ring is 1. The number of nitrogens with two attached hydrogens (primary N) is 1. The number of amides is 2. The van der Waals surface area contributed by atoms with Crippen LogP contribution in [0.5, 0.6) is 0 Å². The zero-order chi connectivity index (χ0) is 26.9. The molecule has 1 atom stereocenters. The molecule has 4 heterocycles. The fraction of sp³-hybridized carbons (Fsp3) is 0.250. The summed E-state index contributed by atoms with van der Waals surface area (Å²) < 4.78 is 1.96. The van der Waals surface area contributed by atoms with Gasteiger partial charge in [-0.15, -0.1) is 11.8 Å². The van der Waals surface area contributed by atoms with E-state index >= 15 is 0 Å². The Morgan fingerprint density at radius 2 is 2.03 bits per heavy atom. The summed E-state index contributed by atoms with van der Waals surface area (Å²) in [6, 6.07) is 10.9. The van der Waals surface area contributed by atoms with Crippen molar-refractivity contribution in [1.29, 1.82) is 0 Å². The molecule has 1 aromatic carbocycles. The van der Waals surface area contributed by atoms with Crippen molar-refractivity contribution in [1.82, 2.24) is 24.3 Å². The molecule has 0 bridgehead atoms. The van der Waals surface area contributed by atoms with Crippen LogP contribution in [0.3, 0.4) is 0 Å². The average Bonchev–Trinajstić information content (AvgIpc) is 3.54. The molecule has 1 aliphatic heterocycles. The van der Waals surface area contributed by atoms with Gasteiger partial charge in [0, 0.05) is 36.4 Å². The zero-order valence-corrected chi connectivity index (χ0v) is 22.3. The van der Waals surface area contributed by atoms with Gasteiger partial charge in [-0.1, -0.05) is 18.2 Å². The van der Waals surface area contributed by atoms with Crippen molar-refractivity contribution >= 4 is 40.6 Å². The highest BCUT2D eigenvalue weighted by Gasteiger charge is 2.47. The van der Waals surface area contributed by atoms with E-state index in [9.17, 15) is 9.59 Å². The lowest BCUT2D eigenvalue weighted by Crippen LogP contribution is -2.43. The molecule has 10 heteroatoms. The van der Waals surface area contributed by atoms with Gasteiger partial charge in [0.15, 0.2) is 5.82 Å². The minimum atomic E-state index is -0.642. The number of aromatic nitrogens is 4. The second-order valence-electron chi connectivity index (χ2n) is 9.10. The van der Waals surface area contributed by atoms with E-state index in [1.54, 1.807) is 54.5 Å². The number of carbonyl (C=O) groups excluding carboxylic acids is 2. The van der Waals surface area contributed by atoms with Crippen LogP contribution in [0.15, 0.2) is 67.1 Å². The van der Waals surface area contributed by atoms with E-state index in [1.165, 1.54) is 0 Å². The molecule has 1 unspecified atom stereocenters. The molecular formula is C28H29N7O2S. The monoisotopic (exact) mass is 527 g/mol. The van der Waals surface area contributed by atoms with Crippen molar-refractivity contribution < 1.29 is 9.59 Å². The molecule has 0 spiro atoms. The molecule has 1 aliphatic rings. The number of aryl methyl sites for hydroxylation is 1. The largest absolute Gasteiger partial charge is 0.382 e. The Morgan fingerprint density at radius 3 is 2.74 bits per heavy atom. The summed E-state index contributed by atoms with van der Waals surface area (Å²) in [5, 5.41) is 2.93. The number of pyridine rings is 1. The fourth-order valence-electron chi connectivity index (χ4n) is 5.02. The van der Waals surface area contributed by atoms with E-state index in [2.05, 4.69) is 15.3 Å². The normalized spacial score (nSPS) is 17.4. The number of imidazole rings is 1. The van der Waals surface area contributed by atoms with Crippen LogP contribution in [0, 0.1) is 6.92 Å². The fourth-order valence-corrected chi connectivity index (χ4v) is 6.10. The third-order valence-electron chi connectivity index (χ3n) is 6.82. The highest BCUT2D eigenvalue weighted by atomic mass is 32.2. The first-order valence-electron chi connectivity index (χ1n) is 12.4. The Balaban J connectivity index is 1.59. The highest BCUT2D eigenvalue weighted by molar-refractivity contribution is 7.99. The number of anilines is 2. The van der Waals surface area contributed by atoms with Gasteiger partial charge in [-0.25, -0.2) is 9.97 Å². The third kappa shape index (κ3) is 4.30. The first-order chi connectivity index (χ1) is 18.4. The standard InChI is InChI=1S/C28H29N7O2S/c1-4-8-22(36)35-15-7-12-28(35,38-3)27-33-23(24-25(29)31-14-16-34(24)27)19-10-11-20(18(2)17-19)32-26(37)21-9-5-6-13-30-21/h4-6,8-11,13-14,16-17H,7,12,15H2,1-3H3,(H2,29,31)(H,32,37)/b8-4+. The van der Waals surface area contributed by atoms with Crippen LogP contribution in [0.2, 0.25) is 0 Å². The van der Waals surface area contributed by atoms with Crippen LogP contribution in [0.4, 0.5) is 11.5 Å². The summed E-state index contributed by atoms with van der Waals surface area (Å²) >= 11 is 1.61. The number of hydrogen-bond donors (Lipinski definition) is 2. The van der Waals surface area contributed by atoms with Gasteiger partial charge in [-0.05, 0) is 68.8 Å². The minimum absolute atomic E-state index is 0.0384. The average molecular weight is 528 g/mol. The number of thioether (sulfide) groups is 1. The van der Waals surface area contributed by atoms with Crippen LogP contribution in [0.25, 0.3) is 16.8 Å². The van der Waals surface area contributed by atoms with Crippen molar-refractivity contribution in [2.45, 2.75) is 31.6 Å². The van der Waals surface area contributed by atoms with E-state index in [1.807, 2.05) is 53.8 Å². The Bertz CT molecular complexity index is 1550. The van der Waals surface area contributed by atoms with Crippen LogP contribution in [-0.2, 0) is 9.67 Å². The van der Waals surface area contributed by atoms with Crippen molar-refractivity contribution in [2.75, 3.05) is 23.9 Å². The number of fused-ring (bicyclic) bond motifs is 1. The molecule has 4 aromatic rings. The summed E-state index contributed by atoms with van der Waals surface area (Å²) in [4.78, 5) is 40.5. The zero-order valence-electron chi connectivity index (χ0n) is 21.5. The van der Waals surface area contributed by atoms with Gasteiger partial charge in [0.05, 0.1) is 0 Å². The van der Waals surface area contributed by atoms with Crippen LogP contribution >= 0.6 is 11.8 Å². The van der Waals surface area contributed by atoms with Gasteiger partial charge in [0.25, 0.3) is 5.91 Å². The van der Waals surface area contributed by atoms with Crippen LogP contribution in [0.1, 0.15) is 41.6 Å². The predicted molar refractivity (Wildman–Crippen MR) is 151 cm³/mol. The molecular weight excluding hydrogens is 498 g/mol. The number of nitrogens with zero attached hydrogens (tertiary/aromatic N) is 5. The number of allylic oxidation sites excluding steroid dienone is 1. The smallest absolute Gasteiger partial charge is 0.274 e. The Hall–Kier alpha value is -4.18. The molecule has 9 nitrogen and oxygen atoms in total. The molecule has 0 aliphatic carbocycles. The lowest BCUT2D eigenvalue weighted by Gasteiger charge is -2.35. The van der Waals surface area contributed by atoms with Crippen LogP contribution in [-0.4, -0.2) is 48.9 Å². The molecule has 3 aromatic heterocycles. The number of likely N-dealkylation sites (tertiary alicyclic amines) is 1. The van der Waals surface area contributed by atoms with Gasteiger partial charge in [0.2, 0.25) is 5.91 Å². The Morgan fingerprint density at radius 1 is 1.18 bits per heavy atom. The van der Waals surface area contributed by atoms with E-state index < -0.39 is 4.87 Å². The number of benzene rings is 1. The van der Waals surface area contributed by atoms with E-state index in [0.29, 0.717) is 35.0 Å². The maximum atomic E-state index is 13.1. The number of nitrogens with one attached hydrogen (secondary N) is 1. The maximum Gasteiger partial charge on any atom is 0.274 e. The summed E-state index contributed by atoms with van der Waals surface area (Å²) in [5.41, 5.74) is 10.5. The SMILES string of the molecule is C/C=C/C(=O)N1CCCC1(SC)c1nc(-c2ccc(NC(=O)c3ccccn3)c(C)c2)c2c(N)nccn12. The van der Waals surface area contributed by atoms with Gasteiger partial charge in [-0.2, -0.15) is 0 Å². The summed E-state index contributed by atoms with van der Waals surface area (Å²) in [6.07, 6.45) is 12.1. The van der Waals surface area contributed by atoms with Crippen molar-refractivity contribution in [3.05, 3.63) is 84.2 Å². The molecule has 0 saturated carbocycles. The van der Waals surface area contributed by atoms with E-state index in [4.69, 9.17) is 10.7 Å². The molecule has 38 heavy (non-hydrogen) atoms. The molecule has 1 saturated heterocycles. The van der Waals surface area contributed by atoms with E-state index in [0.717, 1.165) is 29.8 Å². The van der Waals surface area contributed by atoms with Gasteiger partial charge in [0.1, 0.15) is 27.6 Å². The summed E-state index contributed by atoms with van der Waals surface area (Å²) in [6.45, 7) is 4.42. The Kier molecular flexibility index (Phi) is 6.90. The second kappa shape index (κ2) is 10.3. The first-order valence-corrected chi connectivity index (χ1v) is 13.6. The first kappa shape index (κ1) is 25.5. The van der Waals surface area contributed by atoms with Gasteiger partial charge in [-0.3, -0.25) is 19.0 Å². The maximum absolute atomic E-state index is 13.1. The lowest BCUT2D eigenvalue weighted by molar-refractivity contribution is -0.127. The second-order valence-corrected chi connectivity index (χ2v) is 10.2.